The van der Waals surface area contributed by atoms with Crippen molar-refractivity contribution in [2.75, 3.05) is 19.0 Å². The van der Waals surface area contributed by atoms with Gasteiger partial charge < -0.3 is 15.8 Å². The highest BCUT2D eigenvalue weighted by molar-refractivity contribution is 9.10. The number of carbonyl (C=O) groups excluding carboxylic acids is 1. The summed E-state index contributed by atoms with van der Waals surface area (Å²) in [5.41, 5.74) is 6.19. The molecule has 0 spiro atoms. The van der Waals surface area contributed by atoms with Gasteiger partial charge in [0.2, 0.25) is 5.91 Å². The number of para-hydroxylation sites is 1. The molecule has 0 saturated heterocycles. The summed E-state index contributed by atoms with van der Waals surface area (Å²) in [6, 6.07) is 7.44. The van der Waals surface area contributed by atoms with Crippen molar-refractivity contribution in [1.29, 1.82) is 0 Å². The van der Waals surface area contributed by atoms with Crippen LogP contribution in [0.5, 0.6) is 0 Å². The number of hydrogen-bond acceptors (Lipinski definition) is 3. The van der Waals surface area contributed by atoms with Crippen LogP contribution in [0.3, 0.4) is 0 Å². The lowest BCUT2D eigenvalue weighted by molar-refractivity contribution is -0.118. The van der Waals surface area contributed by atoms with E-state index in [9.17, 15) is 4.79 Å². The Kier molecular flexibility index (Phi) is 5.45. The Morgan fingerprint density at radius 1 is 1.56 bits per heavy atom. The third-order valence-electron chi connectivity index (χ3n) is 2.16. The highest BCUT2D eigenvalue weighted by Gasteiger charge is 2.12. The minimum Gasteiger partial charge on any atom is -0.380 e. The first-order valence-corrected chi connectivity index (χ1v) is 5.74. The zero-order valence-corrected chi connectivity index (χ0v) is 10.7. The molecule has 0 radical (unpaired) electrons. The third kappa shape index (κ3) is 3.92. The maximum atomic E-state index is 11.6. The zero-order valence-electron chi connectivity index (χ0n) is 9.07. The molecule has 0 aliphatic heterocycles. The predicted octanol–water partition coefficient (Wildman–Crippen LogP) is 1.75. The van der Waals surface area contributed by atoms with Crippen LogP contribution in [-0.2, 0) is 9.53 Å². The molecule has 1 aromatic carbocycles. The lowest BCUT2D eigenvalue weighted by Gasteiger charge is -2.13. The summed E-state index contributed by atoms with van der Waals surface area (Å²) in [6.07, 6.45) is 0.0245. The largest absolute Gasteiger partial charge is 0.380 e. The molecule has 0 saturated carbocycles. The summed E-state index contributed by atoms with van der Waals surface area (Å²) < 4.78 is 5.89. The van der Waals surface area contributed by atoms with E-state index in [1.54, 1.807) is 7.11 Å². The molecule has 1 rings (SSSR count). The molecule has 4 nitrogen and oxygen atoms in total. The van der Waals surface area contributed by atoms with Gasteiger partial charge in [0.05, 0.1) is 18.2 Å². The molecule has 1 aromatic rings. The van der Waals surface area contributed by atoms with Gasteiger partial charge in [-0.2, -0.15) is 0 Å². The summed E-state index contributed by atoms with van der Waals surface area (Å²) in [7, 11) is 1.54. The average molecular weight is 287 g/mol. The molecule has 0 heterocycles. The summed E-state index contributed by atoms with van der Waals surface area (Å²) in [5.74, 6) is -0.107. The Labute approximate surface area is 103 Å². The van der Waals surface area contributed by atoms with E-state index in [4.69, 9.17) is 10.5 Å². The number of halogens is 1. The van der Waals surface area contributed by atoms with Crippen LogP contribution in [0.1, 0.15) is 6.42 Å². The van der Waals surface area contributed by atoms with E-state index in [1.165, 1.54) is 0 Å². The van der Waals surface area contributed by atoms with Crippen molar-refractivity contribution < 1.29 is 9.53 Å². The predicted molar refractivity (Wildman–Crippen MR) is 67.2 cm³/mol. The Morgan fingerprint density at radius 2 is 2.25 bits per heavy atom. The number of benzene rings is 1. The number of rotatable bonds is 5. The van der Waals surface area contributed by atoms with Gasteiger partial charge in [0.15, 0.2) is 0 Å². The Bertz CT molecular complexity index is 354. The van der Waals surface area contributed by atoms with E-state index in [0.29, 0.717) is 6.54 Å². The topological polar surface area (TPSA) is 64.3 Å². The van der Waals surface area contributed by atoms with Gasteiger partial charge in [-0.3, -0.25) is 4.79 Å². The quantitative estimate of drug-likeness (QED) is 0.867. The monoisotopic (exact) mass is 286 g/mol. The lowest BCUT2D eigenvalue weighted by atomic mass is 10.2. The standard InChI is InChI=1S/C11H15BrN2O2/c1-16-8(7-13)6-11(15)14-10-5-3-2-4-9(10)12/h2-5,8H,6-7,13H2,1H3,(H,14,15). The second kappa shape index (κ2) is 6.62. The van der Waals surface area contributed by atoms with Gasteiger partial charge in [-0.15, -0.1) is 0 Å². The number of anilines is 1. The number of hydrogen-bond donors (Lipinski definition) is 2. The first kappa shape index (κ1) is 13.2. The Hall–Kier alpha value is -0.910. The molecule has 0 fully saturated rings. The van der Waals surface area contributed by atoms with Gasteiger partial charge in [0.25, 0.3) is 0 Å². The van der Waals surface area contributed by atoms with Crippen LogP contribution in [0.2, 0.25) is 0 Å². The fourth-order valence-corrected chi connectivity index (χ4v) is 1.62. The SMILES string of the molecule is COC(CN)CC(=O)Nc1ccccc1Br. The van der Waals surface area contributed by atoms with Crippen LogP contribution >= 0.6 is 15.9 Å². The molecular formula is C11H15BrN2O2. The molecule has 0 aliphatic rings. The second-order valence-electron chi connectivity index (χ2n) is 3.33. The molecule has 1 amide bonds. The number of ether oxygens (including phenoxy) is 1. The van der Waals surface area contributed by atoms with E-state index in [0.717, 1.165) is 10.2 Å². The first-order valence-electron chi connectivity index (χ1n) is 4.94. The van der Waals surface area contributed by atoms with Crippen LogP contribution in [0, 0.1) is 0 Å². The maximum Gasteiger partial charge on any atom is 0.227 e. The molecular weight excluding hydrogens is 272 g/mol. The minimum absolute atomic E-state index is 0.107. The summed E-state index contributed by atoms with van der Waals surface area (Å²) >= 11 is 3.35. The van der Waals surface area contributed by atoms with Crippen molar-refractivity contribution in [1.82, 2.24) is 0 Å². The second-order valence-corrected chi connectivity index (χ2v) is 4.18. The van der Waals surface area contributed by atoms with E-state index < -0.39 is 0 Å². The zero-order chi connectivity index (χ0) is 12.0. The van der Waals surface area contributed by atoms with Gasteiger partial charge in [-0.1, -0.05) is 12.1 Å². The summed E-state index contributed by atoms with van der Waals surface area (Å²) in [6.45, 7) is 0.333. The number of amides is 1. The van der Waals surface area contributed by atoms with Crippen LogP contribution in [0.25, 0.3) is 0 Å². The van der Waals surface area contributed by atoms with Crippen molar-refractivity contribution >= 4 is 27.5 Å². The maximum absolute atomic E-state index is 11.6. The van der Waals surface area contributed by atoms with Gasteiger partial charge in [-0.05, 0) is 28.1 Å². The van der Waals surface area contributed by atoms with Gasteiger partial charge >= 0.3 is 0 Å². The van der Waals surface area contributed by atoms with E-state index in [-0.39, 0.29) is 18.4 Å². The Balaban J connectivity index is 2.55. The van der Waals surface area contributed by atoms with E-state index >= 15 is 0 Å². The van der Waals surface area contributed by atoms with Crippen LogP contribution in [0.15, 0.2) is 28.7 Å². The highest BCUT2D eigenvalue weighted by Crippen LogP contribution is 2.21. The number of methoxy groups -OCH3 is 1. The summed E-state index contributed by atoms with van der Waals surface area (Å²) in [4.78, 5) is 11.6. The number of nitrogens with one attached hydrogen (secondary N) is 1. The first-order chi connectivity index (χ1) is 7.67. The highest BCUT2D eigenvalue weighted by atomic mass is 79.9. The average Bonchev–Trinajstić information content (AvgIpc) is 2.29. The van der Waals surface area contributed by atoms with E-state index in [2.05, 4.69) is 21.2 Å². The smallest absolute Gasteiger partial charge is 0.227 e. The summed E-state index contributed by atoms with van der Waals surface area (Å²) in [5, 5.41) is 2.79. The number of nitrogens with two attached hydrogens (primary N) is 1. The van der Waals surface area contributed by atoms with Gasteiger partial charge in [0.1, 0.15) is 0 Å². The van der Waals surface area contributed by atoms with Crippen molar-refractivity contribution in [3.8, 4) is 0 Å². The van der Waals surface area contributed by atoms with Crippen molar-refractivity contribution in [3.05, 3.63) is 28.7 Å². The number of carbonyl (C=O) groups is 1. The van der Waals surface area contributed by atoms with Crippen LogP contribution in [-0.4, -0.2) is 25.7 Å². The lowest BCUT2D eigenvalue weighted by Crippen LogP contribution is -2.28. The molecule has 3 N–H and O–H groups in total. The molecule has 88 valence electrons. The van der Waals surface area contributed by atoms with Crippen LogP contribution in [0.4, 0.5) is 5.69 Å². The third-order valence-corrected chi connectivity index (χ3v) is 2.85. The molecule has 1 unspecified atom stereocenters. The van der Waals surface area contributed by atoms with Gasteiger partial charge in [-0.25, -0.2) is 0 Å². The molecule has 1 atom stereocenters. The molecule has 0 bridgehead atoms. The van der Waals surface area contributed by atoms with Crippen molar-refractivity contribution in [2.45, 2.75) is 12.5 Å². The Morgan fingerprint density at radius 3 is 2.81 bits per heavy atom. The van der Waals surface area contributed by atoms with Crippen molar-refractivity contribution in [2.24, 2.45) is 5.73 Å². The normalized spacial score (nSPS) is 12.2. The molecule has 5 heteroatoms. The van der Waals surface area contributed by atoms with Crippen molar-refractivity contribution in [3.63, 3.8) is 0 Å². The molecule has 0 aliphatic carbocycles. The fraction of sp³-hybridized carbons (Fsp3) is 0.364. The van der Waals surface area contributed by atoms with Crippen LogP contribution < -0.4 is 11.1 Å². The molecule has 0 aromatic heterocycles. The molecule has 16 heavy (non-hydrogen) atoms. The van der Waals surface area contributed by atoms with E-state index in [1.807, 2.05) is 24.3 Å². The van der Waals surface area contributed by atoms with Gasteiger partial charge in [0, 0.05) is 18.1 Å². The minimum atomic E-state index is -0.234. The fourth-order valence-electron chi connectivity index (χ4n) is 1.23.